The summed E-state index contributed by atoms with van der Waals surface area (Å²) < 4.78 is 0. The molecule has 0 aliphatic rings. The molecule has 0 aliphatic carbocycles. The first-order valence-corrected chi connectivity index (χ1v) is 3.12. The Labute approximate surface area is 56.7 Å². The standard InChI is InChI=1S/C8H14O/c1-7(2)5-4-6-8(3)9/h4-6,8-9H,1-3H3. The molecule has 1 heteroatoms. The van der Waals surface area contributed by atoms with Crippen LogP contribution in [-0.4, -0.2) is 11.2 Å². The molecule has 0 spiro atoms. The minimum Gasteiger partial charge on any atom is -0.389 e. The van der Waals surface area contributed by atoms with Gasteiger partial charge >= 0.3 is 0 Å². The van der Waals surface area contributed by atoms with Gasteiger partial charge < -0.3 is 5.11 Å². The van der Waals surface area contributed by atoms with Crippen molar-refractivity contribution in [3.8, 4) is 0 Å². The minimum atomic E-state index is -0.333. The molecule has 1 unspecified atom stereocenters. The van der Waals surface area contributed by atoms with Gasteiger partial charge in [0.05, 0.1) is 6.10 Å². The molecule has 0 saturated carbocycles. The van der Waals surface area contributed by atoms with Crippen LogP contribution in [0.25, 0.3) is 0 Å². The van der Waals surface area contributed by atoms with Crippen LogP contribution in [0.4, 0.5) is 0 Å². The Bertz CT molecular complexity index is 117. The largest absolute Gasteiger partial charge is 0.389 e. The first kappa shape index (κ1) is 8.44. The normalized spacial score (nSPS) is 13.8. The maximum absolute atomic E-state index is 8.75. The molecule has 1 nitrogen and oxygen atoms in total. The van der Waals surface area contributed by atoms with E-state index in [2.05, 4.69) is 0 Å². The number of aliphatic hydroxyl groups is 1. The lowest BCUT2D eigenvalue weighted by molar-refractivity contribution is 0.244. The highest BCUT2D eigenvalue weighted by molar-refractivity contribution is 5.09. The SMILES string of the molecule is CC(C)=CC=CC(C)O. The van der Waals surface area contributed by atoms with Gasteiger partial charge in [0, 0.05) is 0 Å². The summed E-state index contributed by atoms with van der Waals surface area (Å²) in [6.45, 7) is 5.77. The summed E-state index contributed by atoms with van der Waals surface area (Å²) in [5.74, 6) is 0. The predicted molar refractivity (Wildman–Crippen MR) is 40.3 cm³/mol. The van der Waals surface area contributed by atoms with E-state index in [0.717, 1.165) is 0 Å². The second-order valence-electron chi connectivity index (χ2n) is 2.37. The molecule has 1 N–H and O–H groups in total. The Hall–Kier alpha value is -0.560. The molecule has 0 aromatic rings. The van der Waals surface area contributed by atoms with E-state index in [4.69, 9.17) is 5.11 Å². The average Bonchev–Trinajstić information content (AvgIpc) is 1.63. The lowest BCUT2D eigenvalue weighted by atomic mass is 10.3. The van der Waals surface area contributed by atoms with Crippen molar-refractivity contribution >= 4 is 0 Å². The van der Waals surface area contributed by atoms with E-state index < -0.39 is 0 Å². The maximum atomic E-state index is 8.75. The summed E-state index contributed by atoms with van der Waals surface area (Å²) in [6.07, 6.45) is 5.24. The van der Waals surface area contributed by atoms with Gasteiger partial charge in [0.1, 0.15) is 0 Å². The Morgan fingerprint density at radius 1 is 1.44 bits per heavy atom. The molecule has 52 valence electrons. The van der Waals surface area contributed by atoms with Crippen molar-refractivity contribution in [3.05, 3.63) is 23.8 Å². The van der Waals surface area contributed by atoms with Crippen LogP contribution < -0.4 is 0 Å². The first-order valence-electron chi connectivity index (χ1n) is 3.12. The molecule has 0 bridgehead atoms. The second kappa shape index (κ2) is 4.33. The van der Waals surface area contributed by atoms with Crippen molar-refractivity contribution in [2.45, 2.75) is 26.9 Å². The third-order valence-electron chi connectivity index (χ3n) is 0.819. The van der Waals surface area contributed by atoms with Gasteiger partial charge in [-0.15, -0.1) is 0 Å². The smallest absolute Gasteiger partial charge is 0.0695 e. The molecule has 0 saturated heterocycles. The van der Waals surface area contributed by atoms with Gasteiger partial charge in [0.2, 0.25) is 0 Å². The van der Waals surface area contributed by atoms with Crippen molar-refractivity contribution in [1.29, 1.82) is 0 Å². The Balaban J connectivity index is 3.60. The Kier molecular flexibility index (Phi) is 4.06. The highest BCUT2D eigenvalue weighted by Gasteiger charge is 1.80. The van der Waals surface area contributed by atoms with Crippen molar-refractivity contribution in [2.75, 3.05) is 0 Å². The molecule has 0 aliphatic heterocycles. The fraction of sp³-hybridized carbons (Fsp3) is 0.500. The van der Waals surface area contributed by atoms with Gasteiger partial charge in [-0.2, -0.15) is 0 Å². The molecule has 0 radical (unpaired) electrons. The van der Waals surface area contributed by atoms with Crippen molar-refractivity contribution in [3.63, 3.8) is 0 Å². The fourth-order valence-electron chi connectivity index (χ4n) is 0.409. The van der Waals surface area contributed by atoms with Crippen LogP contribution in [0.2, 0.25) is 0 Å². The van der Waals surface area contributed by atoms with Crippen LogP contribution in [0.15, 0.2) is 23.8 Å². The van der Waals surface area contributed by atoms with Gasteiger partial charge in [0.25, 0.3) is 0 Å². The summed E-state index contributed by atoms with van der Waals surface area (Å²) in [6, 6.07) is 0. The lowest BCUT2D eigenvalue weighted by Crippen LogP contribution is -1.90. The van der Waals surface area contributed by atoms with E-state index in [-0.39, 0.29) is 6.10 Å². The summed E-state index contributed by atoms with van der Waals surface area (Å²) >= 11 is 0. The maximum Gasteiger partial charge on any atom is 0.0695 e. The fourth-order valence-corrected chi connectivity index (χ4v) is 0.409. The molecular formula is C8H14O. The number of hydrogen-bond donors (Lipinski definition) is 1. The number of aliphatic hydroxyl groups excluding tert-OH is 1. The zero-order valence-corrected chi connectivity index (χ0v) is 6.26. The zero-order valence-electron chi connectivity index (χ0n) is 6.26. The Morgan fingerprint density at radius 2 is 2.00 bits per heavy atom. The van der Waals surface area contributed by atoms with Crippen molar-refractivity contribution in [1.82, 2.24) is 0 Å². The van der Waals surface area contributed by atoms with Crippen LogP contribution in [0.5, 0.6) is 0 Å². The van der Waals surface area contributed by atoms with Gasteiger partial charge in [-0.1, -0.05) is 23.8 Å². The molecule has 0 aromatic carbocycles. The lowest BCUT2D eigenvalue weighted by Gasteiger charge is -1.89. The van der Waals surface area contributed by atoms with Crippen LogP contribution in [0, 0.1) is 0 Å². The molecule has 0 aromatic heterocycles. The van der Waals surface area contributed by atoms with Crippen LogP contribution >= 0.6 is 0 Å². The monoisotopic (exact) mass is 126 g/mol. The summed E-state index contributed by atoms with van der Waals surface area (Å²) in [5.41, 5.74) is 1.24. The zero-order chi connectivity index (χ0) is 7.28. The van der Waals surface area contributed by atoms with E-state index in [0.29, 0.717) is 0 Å². The molecule has 0 fully saturated rings. The third-order valence-corrected chi connectivity index (χ3v) is 0.819. The Morgan fingerprint density at radius 3 is 2.33 bits per heavy atom. The van der Waals surface area contributed by atoms with Crippen LogP contribution in [0.3, 0.4) is 0 Å². The molecule has 1 atom stereocenters. The number of hydrogen-bond acceptors (Lipinski definition) is 1. The summed E-state index contributed by atoms with van der Waals surface area (Å²) in [5, 5.41) is 8.75. The highest BCUT2D eigenvalue weighted by atomic mass is 16.3. The predicted octanol–water partition coefficient (Wildman–Crippen LogP) is 1.89. The first-order chi connectivity index (χ1) is 4.13. The van der Waals surface area contributed by atoms with Gasteiger partial charge in [-0.05, 0) is 20.8 Å². The summed E-state index contributed by atoms with van der Waals surface area (Å²) in [4.78, 5) is 0. The van der Waals surface area contributed by atoms with Gasteiger partial charge in [0.15, 0.2) is 0 Å². The van der Waals surface area contributed by atoms with Gasteiger partial charge in [-0.25, -0.2) is 0 Å². The molecule has 0 amide bonds. The average molecular weight is 126 g/mol. The van der Waals surface area contributed by atoms with E-state index in [1.807, 2.05) is 26.0 Å². The van der Waals surface area contributed by atoms with E-state index >= 15 is 0 Å². The summed E-state index contributed by atoms with van der Waals surface area (Å²) in [7, 11) is 0. The van der Waals surface area contributed by atoms with Crippen LogP contribution in [0.1, 0.15) is 20.8 Å². The highest BCUT2D eigenvalue weighted by Crippen LogP contribution is 1.90. The van der Waals surface area contributed by atoms with E-state index in [1.165, 1.54) is 5.57 Å². The molecule has 0 heterocycles. The topological polar surface area (TPSA) is 20.2 Å². The number of allylic oxidation sites excluding steroid dienone is 3. The minimum absolute atomic E-state index is 0.333. The number of rotatable bonds is 2. The van der Waals surface area contributed by atoms with E-state index in [9.17, 15) is 0 Å². The second-order valence-corrected chi connectivity index (χ2v) is 2.37. The van der Waals surface area contributed by atoms with Gasteiger partial charge in [-0.3, -0.25) is 0 Å². The molecule has 9 heavy (non-hydrogen) atoms. The molecule has 0 rings (SSSR count). The molecular weight excluding hydrogens is 112 g/mol. The van der Waals surface area contributed by atoms with E-state index in [1.54, 1.807) is 13.0 Å². The van der Waals surface area contributed by atoms with Crippen LogP contribution in [-0.2, 0) is 0 Å². The van der Waals surface area contributed by atoms with Crippen molar-refractivity contribution < 1.29 is 5.11 Å². The third kappa shape index (κ3) is 7.44. The quantitative estimate of drug-likeness (QED) is 0.560. The van der Waals surface area contributed by atoms with Crippen molar-refractivity contribution in [2.24, 2.45) is 0 Å².